The van der Waals surface area contributed by atoms with E-state index in [0.717, 1.165) is 16.6 Å². The fourth-order valence-electron chi connectivity index (χ4n) is 3.44. The van der Waals surface area contributed by atoms with E-state index in [1.54, 1.807) is 17.3 Å². The van der Waals surface area contributed by atoms with E-state index in [0.29, 0.717) is 18.8 Å². The molecule has 3 heterocycles. The van der Waals surface area contributed by atoms with Crippen molar-refractivity contribution in [1.82, 2.24) is 19.4 Å². The molecule has 0 saturated carbocycles. The maximum Gasteiger partial charge on any atom is 0.273 e. The zero-order chi connectivity index (χ0) is 16.7. The number of pyridine rings is 1. The van der Waals surface area contributed by atoms with Gasteiger partial charge in [0, 0.05) is 50.2 Å². The van der Waals surface area contributed by atoms with Crippen LogP contribution < -0.4 is 5.73 Å². The zero-order valence-electron chi connectivity index (χ0n) is 13.5. The molecule has 0 spiro atoms. The number of carbonyl (C=O) groups is 1. The molecule has 6 heteroatoms. The predicted octanol–water partition coefficient (Wildman–Crippen LogP) is 1.54. The highest BCUT2D eigenvalue weighted by Crippen LogP contribution is 2.27. The lowest BCUT2D eigenvalue weighted by Gasteiger charge is -2.16. The highest BCUT2D eigenvalue weighted by molar-refractivity contribution is 6.05. The van der Waals surface area contributed by atoms with Crippen LogP contribution in [0.25, 0.3) is 10.8 Å². The average Bonchev–Trinajstić information content (AvgIpc) is 3.19. The second kappa shape index (κ2) is 5.72. The van der Waals surface area contributed by atoms with Gasteiger partial charge >= 0.3 is 0 Å². The molecule has 24 heavy (non-hydrogen) atoms. The second-order valence-electron chi connectivity index (χ2n) is 6.26. The number of aromatic nitrogens is 3. The van der Waals surface area contributed by atoms with Crippen LogP contribution in [0.15, 0.2) is 48.9 Å². The van der Waals surface area contributed by atoms with E-state index < -0.39 is 0 Å². The van der Waals surface area contributed by atoms with Crippen molar-refractivity contribution in [2.45, 2.75) is 12.0 Å². The number of hydrogen-bond donors (Lipinski definition) is 1. The summed E-state index contributed by atoms with van der Waals surface area (Å²) in [5.41, 5.74) is 6.78. The molecule has 2 atom stereocenters. The van der Waals surface area contributed by atoms with Gasteiger partial charge in [0.2, 0.25) is 0 Å². The van der Waals surface area contributed by atoms with Crippen LogP contribution in [0.5, 0.6) is 0 Å². The van der Waals surface area contributed by atoms with E-state index in [4.69, 9.17) is 5.73 Å². The highest BCUT2D eigenvalue weighted by Gasteiger charge is 2.37. The van der Waals surface area contributed by atoms with Gasteiger partial charge in [0.05, 0.1) is 5.92 Å². The van der Waals surface area contributed by atoms with Crippen molar-refractivity contribution in [3.8, 4) is 0 Å². The van der Waals surface area contributed by atoms with Crippen molar-refractivity contribution in [1.29, 1.82) is 0 Å². The molecule has 4 rings (SSSR count). The molecule has 3 aromatic rings. The first kappa shape index (κ1) is 14.8. The molecule has 2 aromatic heterocycles. The van der Waals surface area contributed by atoms with Gasteiger partial charge in [-0.3, -0.25) is 9.78 Å². The van der Waals surface area contributed by atoms with Gasteiger partial charge in [-0.2, -0.15) is 0 Å². The lowest BCUT2D eigenvalue weighted by atomic mass is 10.0. The molecule has 1 fully saturated rings. The van der Waals surface area contributed by atoms with Gasteiger partial charge in [0.1, 0.15) is 11.5 Å². The molecule has 1 aliphatic heterocycles. The van der Waals surface area contributed by atoms with Gasteiger partial charge in [-0.05, 0) is 11.5 Å². The molecule has 1 aromatic carbocycles. The Labute approximate surface area is 139 Å². The summed E-state index contributed by atoms with van der Waals surface area (Å²) in [5.74, 6) is 0.895. The number of hydrogen-bond acceptors (Lipinski definition) is 4. The Morgan fingerprint density at radius 3 is 2.79 bits per heavy atom. The summed E-state index contributed by atoms with van der Waals surface area (Å²) < 4.78 is 1.97. The van der Waals surface area contributed by atoms with E-state index in [2.05, 4.69) is 9.97 Å². The number of nitrogens with two attached hydrogens (primary N) is 1. The Morgan fingerprint density at radius 2 is 2.00 bits per heavy atom. The summed E-state index contributed by atoms with van der Waals surface area (Å²) in [6.45, 7) is 1.08. The van der Waals surface area contributed by atoms with Gasteiger partial charge in [-0.25, -0.2) is 4.98 Å². The number of fused-ring (bicyclic) bond motifs is 1. The fourth-order valence-corrected chi connectivity index (χ4v) is 3.44. The lowest BCUT2D eigenvalue weighted by molar-refractivity contribution is 0.0785. The van der Waals surface area contributed by atoms with Gasteiger partial charge in [0.25, 0.3) is 5.91 Å². The average molecular weight is 321 g/mol. The van der Waals surface area contributed by atoms with Crippen LogP contribution in [-0.2, 0) is 7.05 Å². The van der Waals surface area contributed by atoms with Crippen molar-refractivity contribution in [2.75, 3.05) is 13.1 Å². The zero-order valence-corrected chi connectivity index (χ0v) is 13.5. The second-order valence-corrected chi connectivity index (χ2v) is 6.26. The summed E-state index contributed by atoms with van der Waals surface area (Å²) in [6, 6.07) is 9.60. The Kier molecular flexibility index (Phi) is 3.54. The number of likely N-dealkylation sites (tertiary alicyclic amines) is 1. The largest absolute Gasteiger partial charge is 0.338 e. The van der Waals surface area contributed by atoms with Gasteiger partial charge in [0.15, 0.2) is 0 Å². The standard InChI is InChI=1S/C18H19N5O/c1-22-9-8-21-17(22)14-10-23(11-15(14)19)18(24)16-13-5-3-2-4-12(13)6-7-20-16/h2-9,14-15H,10-11,19H2,1H3/t14-,15-/m1/s1. The van der Waals surface area contributed by atoms with E-state index in [9.17, 15) is 4.79 Å². The van der Waals surface area contributed by atoms with Crippen LogP contribution in [0, 0.1) is 0 Å². The molecule has 1 amide bonds. The summed E-state index contributed by atoms with van der Waals surface area (Å²) >= 11 is 0. The quantitative estimate of drug-likeness (QED) is 0.776. The number of benzene rings is 1. The first-order chi connectivity index (χ1) is 11.6. The van der Waals surface area contributed by atoms with E-state index >= 15 is 0 Å². The van der Waals surface area contributed by atoms with Crippen molar-refractivity contribution in [3.63, 3.8) is 0 Å². The Bertz CT molecular complexity index is 898. The predicted molar refractivity (Wildman–Crippen MR) is 91.6 cm³/mol. The number of amides is 1. The molecular weight excluding hydrogens is 302 g/mol. The minimum absolute atomic E-state index is 0.0453. The highest BCUT2D eigenvalue weighted by atomic mass is 16.2. The van der Waals surface area contributed by atoms with Crippen molar-refractivity contribution >= 4 is 16.7 Å². The van der Waals surface area contributed by atoms with Crippen LogP contribution >= 0.6 is 0 Å². The molecule has 2 N–H and O–H groups in total. The van der Waals surface area contributed by atoms with Crippen LogP contribution in [0.2, 0.25) is 0 Å². The Balaban J connectivity index is 1.65. The number of carbonyl (C=O) groups excluding carboxylic acids is 1. The molecule has 0 aliphatic carbocycles. The maximum absolute atomic E-state index is 13.0. The number of nitrogens with zero attached hydrogens (tertiary/aromatic N) is 4. The van der Waals surface area contributed by atoms with Crippen molar-refractivity contribution < 1.29 is 4.79 Å². The topological polar surface area (TPSA) is 77.0 Å². The third kappa shape index (κ3) is 2.35. The Hall–Kier alpha value is -2.73. The van der Waals surface area contributed by atoms with Crippen molar-refractivity contribution in [3.05, 3.63) is 60.4 Å². The molecule has 0 unspecified atom stereocenters. The van der Waals surface area contributed by atoms with Crippen LogP contribution in [0.3, 0.4) is 0 Å². The number of aryl methyl sites for hydroxylation is 1. The fraction of sp³-hybridized carbons (Fsp3) is 0.278. The molecule has 0 radical (unpaired) electrons. The van der Waals surface area contributed by atoms with E-state index in [1.807, 2.05) is 48.1 Å². The van der Waals surface area contributed by atoms with E-state index in [1.165, 1.54) is 0 Å². The SMILES string of the molecule is Cn1ccnc1[C@@H]1CN(C(=O)c2nccc3ccccc23)C[C@H]1N. The third-order valence-electron chi connectivity index (χ3n) is 4.72. The maximum atomic E-state index is 13.0. The molecule has 0 bridgehead atoms. The molecular formula is C18H19N5O. The van der Waals surface area contributed by atoms with Crippen LogP contribution in [0.1, 0.15) is 22.2 Å². The minimum atomic E-state index is -0.120. The third-order valence-corrected chi connectivity index (χ3v) is 4.72. The van der Waals surface area contributed by atoms with Crippen LogP contribution in [-0.4, -0.2) is 44.5 Å². The Morgan fingerprint density at radius 1 is 1.17 bits per heavy atom. The van der Waals surface area contributed by atoms with Gasteiger partial charge in [-0.1, -0.05) is 24.3 Å². The smallest absolute Gasteiger partial charge is 0.273 e. The molecule has 122 valence electrons. The molecule has 1 aliphatic rings. The van der Waals surface area contributed by atoms with Crippen molar-refractivity contribution in [2.24, 2.45) is 12.8 Å². The van der Waals surface area contributed by atoms with Gasteiger partial charge < -0.3 is 15.2 Å². The normalized spacial score (nSPS) is 20.7. The summed E-state index contributed by atoms with van der Waals surface area (Å²) in [6.07, 6.45) is 5.35. The monoisotopic (exact) mass is 321 g/mol. The lowest BCUT2D eigenvalue weighted by Crippen LogP contribution is -2.32. The summed E-state index contributed by atoms with van der Waals surface area (Å²) in [7, 11) is 1.95. The van der Waals surface area contributed by atoms with Crippen LogP contribution in [0.4, 0.5) is 0 Å². The summed E-state index contributed by atoms with van der Waals surface area (Å²) in [5, 5.41) is 1.89. The van der Waals surface area contributed by atoms with Gasteiger partial charge in [-0.15, -0.1) is 0 Å². The first-order valence-corrected chi connectivity index (χ1v) is 8.01. The first-order valence-electron chi connectivity index (χ1n) is 8.01. The molecule has 6 nitrogen and oxygen atoms in total. The van der Waals surface area contributed by atoms with E-state index in [-0.39, 0.29) is 17.9 Å². The number of rotatable bonds is 2. The minimum Gasteiger partial charge on any atom is -0.338 e. The molecule has 1 saturated heterocycles. The summed E-state index contributed by atoms with van der Waals surface area (Å²) in [4.78, 5) is 23.5. The number of imidazole rings is 1.